The van der Waals surface area contributed by atoms with Crippen molar-refractivity contribution in [1.82, 2.24) is 14.7 Å². The Morgan fingerprint density at radius 3 is 3.15 bits per heavy atom. The smallest absolute Gasteiger partial charge is 0.137 e. The molecule has 0 bridgehead atoms. The number of rotatable bonds is 5. The van der Waals surface area contributed by atoms with Crippen LogP contribution in [0.25, 0.3) is 5.65 Å². The van der Waals surface area contributed by atoms with Gasteiger partial charge in [0.15, 0.2) is 0 Å². The van der Waals surface area contributed by atoms with Crippen LogP contribution >= 0.6 is 11.6 Å². The van der Waals surface area contributed by atoms with Gasteiger partial charge in [-0.1, -0.05) is 11.6 Å². The van der Waals surface area contributed by atoms with Crippen LogP contribution in [0, 0.1) is 0 Å². The largest absolute Gasteiger partial charge is 0.378 e. The van der Waals surface area contributed by atoms with E-state index in [2.05, 4.69) is 10.3 Å². The lowest BCUT2D eigenvalue weighted by atomic mass is 10.1. The summed E-state index contributed by atoms with van der Waals surface area (Å²) in [6.07, 6.45) is 9.14. The Kier molecular flexibility index (Phi) is 4.55. The van der Waals surface area contributed by atoms with Crippen molar-refractivity contribution in [2.45, 2.75) is 38.3 Å². The maximum Gasteiger partial charge on any atom is 0.137 e. The van der Waals surface area contributed by atoms with Crippen molar-refractivity contribution < 1.29 is 4.74 Å². The van der Waals surface area contributed by atoms with Crippen molar-refractivity contribution in [3.63, 3.8) is 0 Å². The molecule has 1 aliphatic rings. The zero-order chi connectivity index (χ0) is 13.8. The van der Waals surface area contributed by atoms with Crippen LogP contribution in [0.1, 0.15) is 31.4 Å². The van der Waals surface area contributed by atoms with Gasteiger partial charge in [-0.2, -0.15) is 0 Å². The van der Waals surface area contributed by atoms with Crippen LogP contribution in [0.2, 0.25) is 5.02 Å². The second-order valence-electron chi connectivity index (χ2n) is 5.30. The Labute approximate surface area is 124 Å². The van der Waals surface area contributed by atoms with E-state index in [1.54, 1.807) is 0 Å². The van der Waals surface area contributed by atoms with Gasteiger partial charge in [0.25, 0.3) is 0 Å². The first-order valence-corrected chi connectivity index (χ1v) is 7.64. The van der Waals surface area contributed by atoms with Gasteiger partial charge in [0.1, 0.15) is 5.65 Å². The summed E-state index contributed by atoms with van der Waals surface area (Å²) < 4.78 is 7.68. The molecule has 1 fully saturated rings. The molecule has 3 heterocycles. The van der Waals surface area contributed by atoms with Gasteiger partial charge in [-0.25, -0.2) is 4.98 Å². The van der Waals surface area contributed by atoms with E-state index < -0.39 is 0 Å². The molecule has 0 aromatic carbocycles. The fourth-order valence-electron chi connectivity index (χ4n) is 2.62. The van der Waals surface area contributed by atoms with Crippen molar-refractivity contribution in [2.24, 2.45) is 0 Å². The molecule has 1 aliphatic heterocycles. The Hall–Kier alpha value is -1.10. The van der Waals surface area contributed by atoms with Crippen LogP contribution in [0.3, 0.4) is 0 Å². The van der Waals surface area contributed by atoms with E-state index in [0.29, 0.717) is 6.10 Å². The molecule has 2 aromatic heterocycles. The number of pyridine rings is 1. The fraction of sp³-hybridized carbons (Fsp3) is 0.533. The minimum atomic E-state index is 0.441. The average molecular weight is 294 g/mol. The van der Waals surface area contributed by atoms with Gasteiger partial charge >= 0.3 is 0 Å². The van der Waals surface area contributed by atoms with Crippen LogP contribution in [0.15, 0.2) is 24.5 Å². The number of aromatic nitrogens is 2. The van der Waals surface area contributed by atoms with E-state index in [9.17, 15) is 0 Å². The molecule has 2 aromatic rings. The van der Waals surface area contributed by atoms with E-state index >= 15 is 0 Å². The molecule has 0 saturated carbocycles. The number of fused-ring (bicyclic) bond motifs is 1. The number of halogens is 1. The lowest BCUT2D eigenvalue weighted by Gasteiger charge is -2.22. The quantitative estimate of drug-likeness (QED) is 0.861. The molecule has 0 spiro atoms. The SMILES string of the molecule is Clc1ccc2nc(CNCCC3CCCCO3)cn2c1. The third-order valence-corrected chi connectivity index (χ3v) is 3.91. The summed E-state index contributed by atoms with van der Waals surface area (Å²) in [6, 6.07) is 3.79. The summed E-state index contributed by atoms with van der Waals surface area (Å²) in [5.41, 5.74) is 1.97. The van der Waals surface area contributed by atoms with Crippen LogP contribution < -0.4 is 5.32 Å². The van der Waals surface area contributed by atoms with Gasteiger partial charge in [-0.05, 0) is 44.4 Å². The summed E-state index contributed by atoms with van der Waals surface area (Å²) in [4.78, 5) is 4.55. The van der Waals surface area contributed by atoms with E-state index in [1.807, 2.05) is 28.9 Å². The maximum absolute atomic E-state index is 5.96. The topological polar surface area (TPSA) is 38.6 Å². The molecule has 0 aliphatic carbocycles. The highest BCUT2D eigenvalue weighted by atomic mass is 35.5. The number of ether oxygens (including phenoxy) is 1. The van der Waals surface area contributed by atoms with E-state index in [0.717, 1.165) is 42.5 Å². The Morgan fingerprint density at radius 1 is 1.35 bits per heavy atom. The molecule has 3 rings (SSSR count). The van der Waals surface area contributed by atoms with Crippen molar-refractivity contribution in [3.05, 3.63) is 35.2 Å². The summed E-state index contributed by atoms with van der Waals surface area (Å²) in [7, 11) is 0. The van der Waals surface area contributed by atoms with Crippen LogP contribution in [-0.2, 0) is 11.3 Å². The number of hydrogen-bond acceptors (Lipinski definition) is 3. The fourth-order valence-corrected chi connectivity index (χ4v) is 2.79. The van der Waals surface area contributed by atoms with Crippen molar-refractivity contribution in [1.29, 1.82) is 0 Å². The van der Waals surface area contributed by atoms with Crippen molar-refractivity contribution in [2.75, 3.05) is 13.2 Å². The normalized spacial score (nSPS) is 19.6. The van der Waals surface area contributed by atoms with Crippen molar-refractivity contribution >= 4 is 17.2 Å². The molecule has 0 amide bonds. The molecule has 108 valence electrons. The number of imidazole rings is 1. The minimum Gasteiger partial charge on any atom is -0.378 e. The van der Waals surface area contributed by atoms with E-state index in [1.165, 1.54) is 19.3 Å². The summed E-state index contributed by atoms with van der Waals surface area (Å²) >= 11 is 5.96. The molecule has 5 heteroatoms. The van der Waals surface area contributed by atoms with Crippen molar-refractivity contribution in [3.8, 4) is 0 Å². The van der Waals surface area contributed by atoms with Gasteiger partial charge in [0, 0.05) is 25.5 Å². The molecular formula is C15H20ClN3O. The Balaban J connectivity index is 1.47. The second-order valence-corrected chi connectivity index (χ2v) is 5.74. The van der Waals surface area contributed by atoms with Crippen LogP contribution in [0.5, 0.6) is 0 Å². The molecular weight excluding hydrogens is 274 g/mol. The molecule has 0 radical (unpaired) electrons. The third-order valence-electron chi connectivity index (χ3n) is 3.69. The monoisotopic (exact) mass is 293 g/mol. The Bertz CT molecular complexity index is 563. The highest BCUT2D eigenvalue weighted by Gasteiger charge is 2.12. The lowest BCUT2D eigenvalue weighted by Crippen LogP contribution is -2.25. The first-order chi connectivity index (χ1) is 9.81. The van der Waals surface area contributed by atoms with Gasteiger partial charge in [-0.3, -0.25) is 0 Å². The number of hydrogen-bond donors (Lipinski definition) is 1. The van der Waals surface area contributed by atoms with Gasteiger partial charge in [0.2, 0.25) is 0 Å². The summed E-state index contributed by atoms with van der Waals surface area (Å²) in [5, 5.41) is 4.16. The lowest BCUT2D eigenvalue weighted by molar-refractivity contribution is 0.0115. The summed E-state index contributed by atoms with van der Waals surface area (Å²) in [5.74, 6) is 0. The summed E-state index contributed by atoms with van der Waals surface area (Å²) in [6.45, 7) is 2.68. The predicted molar refractivity (Wildman–Crippen MR) is 80.1 cm³/mol. The minimum absolute atomic E-state index is 0.441. The van der Waals surface area contributed by atoms with Gasteiger partial charge in [0.05, 0.1) is 16.8 Å². The van der Waals surface area contributed by atoms with E-state index in [-0.39, 0.29) is 0 Å². The molecule has 20 heavy (non-hydrogen) atoms. The molecule has 4 nitrogen and oxygen atoms in total. The van der Waals surface area contributed by atoms with E-state index in [4.69, 9.17) is 16.3 Å². The third kappa shape index (κ3) is 3.51. The standard InChI is InChI=1S/C15H20ClN3O/c16-12-4-5-15-18-13(11-19(15)10-12)9-17-7-6-14-3-1-2-8-20-14/h4-5,10-11,14,17H,1-3,6-9H2. The first-order valence-electron chi connectivity index (χ1n) is 7.27. The average Bonchev–Trinajstić information content (AvgIpc) is 2.86. The Morgan fingerprint density at radius 2 is 2.30 bits per heavy atom. The highest BCUT2D eigenvalue weighted by Crippen LogP contribution is 2.15. The molecule has 1 atom stereocenters. The predicted octanol–water partition coefficient (Wildman–Crippen LogP) is 3.04. The molecule has 1 N–H and O–H groups in total. The zero-order valence-electron chi connectivity index (χ0n) is 11.5. The van der Waals surface area contributed by atoms with Crippen LogP contribution in [0.4, 0.5) is 0 Å². The number of nitrogens with one attached hydrogen (secondary N) is 1. The van der Waals surface area contributed by atoms with Crippen LogP contribution in [-0.4, -0.2) is 28.6 Å². The number of nitrogens with zero attached hydrogens (tertiary/aromatic N) is 2. The van der Waals surface area contributed by atoms with Gasteiger partial charge in [-0.15, -0.1) is 0 Å². The first kappa shape index (κ1) is 13.9. The van der Waals surface area contributed by atoms with Gasteiger partial charge < -0.3 is 14.5 Å². The zero-order valence-corrected chi connectivity index (χ0v) is 12.3. The maximum atomic E-state index is 5.96. The molecule has 1 unspecified atom stereocenters. The second kappa shape index (κ2) is 6.57. The highest BCUT2D eigenvalue weighted by molar-refractivity contribution is 6.30. The molecule has 1 saturated heterocycles.